The van der Waals surface area contributed by atoms with Gasteiger partial charge in [0.05, 0.1) is 4.92 Å². The van der Waals surface area contributed by atoms with Crippen molar-refractivity contribution in [2.75, 3.05) is 14.1 Å². The molecule has 0 atom stereocenters. The highest BCUT2D eigenvalue weighted by molar-refractivity contribution is 5.93. The summed E-state index contributed by atoms with van der Waals surface area (Å²) in [7, 11) is 3.52. The molecule has 0 heterocycles. The molecule has 0 aliphatic heterocycles. The Morgan fingerprint density at radius 2 is 2.12 bits per heavy atom. The topological polar surface area (TPSA) is 83.7 Å². The van der Waals surface area contributed by atoms with Gasteiger partial charge in [-0.25, -0.2) is 4.79 Å². The van der Waals surface area contributed by atoms with Gasteiger partial charge in [-0.2, -0.15) is 0 Å². The van der Waals surface area contributed by atoms with Crippen LogP contribution in [0.1, 0.15) is 15.9 Å². The number of aromatic carboxylic acids is 1. The number of rotatable bonds is 4. The normalized spacial score (nSPS) is 10.4. The first kappa shape index (κ1) is 12.1. The van der Waals surface area contributed by atoms with E-state index in [1.807, 2.05) is 0 Å². The Kier molecular flexibility index (Phi) is 3.57. The molecule has 6 heteroatoms. The molecule has 6 nitrogen and oxygen atoms in total. The molecule has 0 amide bonds. The van der Waals surface area contributed by atoms with Gasteiger partial charge in [0.25, 0.3) is 5.69 Å². The summed E-state index contributed by atoms with van der Waals surface area (Å²) >= 11 is 0. The van der Waals surface area contributed by atoms with E-state index in [0.717, 1.165) is 0 Å². The summed E-state index contributed by atoms with van der Waals surface area (Å²) in [5.41, 5.74) is -0.206. The van der Waals surface area contributed by atoms with Crippen LogP contribution in [0.4, 0.5) is 5.69 Å². The summed E-state index contributed by atoms with van der Waals surface area (Å²) in [6.45, 7) is 0.331. The fourth-order valence-corrected chi connectivity index (χ4v) is 1.45. The number of carboxylic acid groups (broad SMARTS) is 1. The molecule has 0 aliphatic carbocycles. The summed E-state index contributed by atoms with van der Waals surface area (Å²) in [6, 6.07) is 4.31. The Hall–Kier alpha value is -1.95. The lowest BCUT2D eigenvalue weighted by molar-refractivity contribution is -0.386. The molecule has 0 spiro atoms. The Morgan fingerprint density at radius 1 is 1.50 bits per heavy atom. The standard InChI is InChI=1S/C10H12N2O4/c1-11(2)6-7-4-3-5-8(10(13)14)9(7)12(15)16/h3-5H,6H2,1-2H3,(H,13,14). The van der Waals surface area contributed by atoms with Gasteiger partial charge in [0.1, 0.15) is 5.56 Å². The van der Waals surface area contributed by atoms with Crippen molar-refractivity contribution in [3.05, 3.63) is 39.4 Å². The van der Waals surface area contributed by atoms with Crippen molar-refractivity contribution >= 4 is 11.7 Å². The van der Waals surface area contributed by atoms with Gasteiger partial charge in [-0.05, 0) is 20.2 Å². The zero-order valence-corrected chi connectivity index (χ0v) is 9.01. The molecular weight excluding hydrogens is 212 g/mol. The minimum absolute atomic E-state index is 0.274. The van der Waals surface area contributed by atoms with Crippen LogP contribution in [-0.2, 0) is 6.54 Å². The summed E-state index contributed by atoms with van der Waals surface area (Å²) in [5.74, 6) is -1.28. The van der Waals surface area contributed by atoms with Gasteiger partial charge in [0.2, 0.25) is 0 Å². The predicted molar refractivity (Wildman–Crippen MR) is 57.4 cm³/mol. The first-order valence-electron chi connectivity index (χ1n) is 4.57. The van der Waals surface area contributed by atoms with Crippen LogP contribution in [0.2, 0.25) is 0 Å². The molecule has 0 saturated carbocycles. The predicted octanol–water partition coefficient (Wildman–Crippen LogP) is 1.35. The summed E-state index contributed by atoms with van der Waals surface area (Å²) in [5, 5.41) is 19.7. The van der Waals surface area contributed by atoms with Crippen molar-refractivity contribution in [2.24, 2.45) is 0 Å². The molecule has 16 heavy (non-hydrogen) atoms. The molecule has 1 aromatic rings. The maximum atomic E-state index is 10.9. The number of nitro benzene ring substituents is 1. The first-order valence-corrected chi connectivity index (χ1v) is 4.57. The fraction of sp³-hybridized carbons (Fsp3) is 0.300. The van der Waals surface area contributed by atoms with Crippen LogP contribution < -0.4 is 0 Å². The number of hydrogen-bond donors (Lipinski definition) is 1. The third-order valence-electron chi connectivity index (χ3n) is 2.02. The van der Waals surface area contributed by atoms with Crippen LogP contribution in [0.3, 0.4) is 0 Å². The van der Waals surface area contributed by atoms with Crippen LogP contribution in [0, 0.1) is 10.1 Å². The molecule has 0 fully saturated rings. The number of benzene rings is 1. The van der Waals surface area contributed by atoms with Crippen LogP contribution in [-0.4, -0.2) is 35.0 Å². The van der Waals surface area contributed by atoms with Gasteiger partial charge in [-0.15, -0.1) is 0 Å². The largest absolute Gasteiger partial charge is 0.477 e. The van der Waals surface area contributed by atoms with E-state index >= 15 is 0 Å². The van der Waals surface area contributed by atoms with E-state index < -0.39 is 10.9 Å². The summed E-state index contributed by atoms with van der Waals surface area (Å²) in [4.78, 5) is 22.8. The van der Waals surface area contributed by atoms with Gasteiger partial charge in [0.15, 0.2) is 0 Å². The molecule has 1 rings (SSSR count). The van der Waals surface area contributed by atoms with Gasteiger partial charge in [-0.3, -0.25) is 10.1 Å². The molecule has 86 valence electrons. The van der Waals surface area contributed by atoms with Crippen molar-refractivity contribution in [3.8, 4) is 0 Å². The molecule has 1 aromatic carbocycles. The number of nitro groups is 1. The minimum atomic E-state index is -1.28. The molecule has 0 bridgehead atoms. The summed E-state index contributed by atoms with van der Waals surface area (Å²) < 4.78 is 0. The lowest BCUT2D eigenvalue weighted by Gasteiger charge is -2.10. The first-order chi connectivity index (χ1) is 7.43. The van der Waals surface area contributed by atoms with Crippen molar-refractivity contribution in [2.45, 2.75) is 6.54 Å². The van der Waals surface area contributed by atoms with E-state index in [1.54, 1.807) is 25.1 Å². The van der Waals surface area contributed by atoms with E-state index in [0.29, 0.717) is 12.1 Å². The maximum Gasteiger partial charge on any atom is 0.342 e. The van der Waals surface area contributed by atoms with E-state index in [9.17, 15) is 14.9 Å². The Labute approximate surface area is 92.3 Å². The number of hydrogen-bond acceptors (Lipinski definition) is 4. The maximum absolute atomic E-state index is 10.9. The second-order valence-corrected chi connectivity index (χ2v) is 3.61. The van der Waals surface area contributed by atoms with Crippen LogP contribution in [0.15, 0.2) is 18.2 Å². The lowest BCUT2D eigenvalue weighted by Crippen LogP contribution is -2.14. The quantitative estimate of drug-likeness (QED) is 0.616. The number of carbonyl (C=O) groups is 1. The van der Waals surface area contributed by atoms with E-state index in [4.69, 9.17) is 5.11 Å². The fourth-order valence-electron chi connectivity index (χ4n) is 1.45. The summed E-state index contributed by atoms with van der Waals surface area (Å²) in [6.07, 6.45) is 0. The van der Waals surface area contributed by atoms with Crippen molar-refractivity contribution < 1.29 is 14.8 Å². The third kappa shape index (κ3) is 2.54. The van der Waals surface area contributed by atoms with E-state index in [-0.39, 0.29) is 11.3 Å². The van der Waals surface area contributed by atoms with E-state index in [2.05, 4.69) is 0 Å². The lowest BCUT2D eigenvalue weighted by atomic mass is 10.1. The highest BCUT2D eigenvalue weighted by Gasteiger charge is 2.23. The highest BCUT2D eigenvalue weighted by atomic mass is 16.6. The Balaban J connectivity index is 3.32. The van der Waals surface area contributed by atoms with Crippen LogP contribution in [0.25, 0.3) is 0 Å². The second kappa shape index (κ2) is 4.71. The van der Waals surface area contributed by atoms with Gasteiger partial charge in [-0.1, -0.05) is 12.1 Å². The van der Waals surface area contributed by atoms with Gasteiger partial charge < -0.3 is 10.0 Å². The molecule has 0 radical (unpaired) electrons. The number of nitrogens with zero attached hydrogens (tertiary/aromatic N) is 2. The molecule has 0 aromatic heterocycles. The molecular formula is C10H12N2O4. The van der Waals surface area contributed by atoms with Crippen LogP contribution >= 0.6 is 0 Å². The SMILES string of the molecule is CN(C)Cc1cccc(C(=O)O)c1[N+](=O)[O-]. The average Bonchev–Trinajstić information content (AvgIpc) is 2.15. The molecule has 0 saturated heterocycles. The molecule has 1 N–H and O–H groups in total. The Bertz CT molecular complexity index is 429. The molecule has 0 unspecified atom stereocenters. The van der Waals surface area contributed by atoms with Crippen LogP contribution in [0.5, 0.6) is 0 Å². The van der Waals surface area contributed by atoms with Crippen molar-refractivity contribution in [1.29, 1.82) is 0 Å². The third-order valence-corrected chi connectivity index (χ3v) is 2.02. The number of para-hydroxylation sites is 1. The smallest absolute Gasteiger partial charge is 0.342 e. The average molecular weight is 224 g/mol. The minimum Gasteiger partial charge on any atom is -0.477 e. The Morgan fingerprint density at radius 3 is 2.56 bits per heavy atom. The highest BCUT2D eigenvalue weighted by Crippen LogP contribution is 2.24. The van der Waals surface area contributed by atoms with Crippen molar-refractivity contribution in [3.63, 3.8) is 0 Å². The zero-order valence-electron chi connectivity index (χ0n) is 9.01. The monoisotopic (exact) mass is 224 g/mol. The van der Waals surface area contributed by atoms with Crippen molar-refractivity contribution in [1.82, 2.24) is 4.90 Å². The van der Waals surface area contributed by atoms with E-state index in [1.165, 1.54) is 12.1 Å². The zero-order chi connectivity index (χ0) is 12.3. The second-order valence-electron chi connectivity index (χ2n) is 3.61. The van der Waals surface area contributed by atoms with Gasteiger partial charge >= 0.3 is 5.97 Å². The molecule has 0 aliphatic rings. The number of carboxylic acids is 1. The van der Waals surface area contributed by atoms with Gasteiger partial charge in [0, 0.05) is 12.1 Å².